The van der Waals surface area contributed by atoms with Crippen molar-refractivity contribution in [1.82, 2.24) is 4.90 Å². The molecule has 1 heterocycles. The molecule has 0 aromatic heterocycles. The topological polar surface area (TPSA) is 112 Å². The van der Waals surface area contributed by atoms with Crippen LogP contribution in [0.4, 0.5) is 30.7 Å². The van der Waals surface area contributed by atoms with Gasteiger partial charge in [0.05, 0.1) is 10.9 Å². The summed E-state index contributed by atoms with van der Waals surface area (Å²) in [4.78, 5) is 26.2. The number of hydrogen-bond donors (Lipinski definition) is 2. The summed E-state index contributed by atoms with van der Waals surface area (Å²) >= 11 is 1.93. The fraction of sp³-hybridized carbons (Fsp3) is 0.310. The largest absolute Gasteiger partial charge is 0.507 e. The van der Waals surface area contributed by atoms with Gasteiger partial charge in [0.15, 0.2) is 9.84 Å². The molecule has 0 spiro atoms. The fourth-order valence-corrected chi connectivity index (χ4v) is 9.03. The molecule has 1 saturated heterocycles. The number of alkyl halides is 7. The second kappa shape index (κ2) is 10.8. The number of sulfone groups is 1. The van der Waals surface area contributed by atoms with Gasteiger partial charge in [-0.25, -0.2) is 17.6 Å². The van der Waals surface area contributed by atoms with Crippen LogP contribution in [0.3, 0.4) is 0 Å². The van der Waals surface area contributed by atoms with Gasteiger partial charge >= 0.3 is 24.0 Å². The lowest BCUT2D eigenvalue weighted by molar-refractivity contribution is -0.348. The van der Waals surface area contributed by atoms with Gasteiger partial charge in [-0.1, -0.05) is 18.2 Å². The second-order valence-corrected chi connectivity index (χ2v) is 14.2. The van der Waals surface area contributed by atoms with E-state index in [0.29, 0.717) is 9.64 Å². The van der Waals surface area contributed by atoms with Gasteiger partial charge in [0.1, 0.15) is 16.1 Å². The van der Waals surface area contributed by atoms with Crippen LogP contribution in [0.5, 0.6) is 5.75 Å². The van der Waals surface area contributed by atoms with Crippen molar-refractivity contribution in [2.24, 2.45) is 0 Å². The van der Waals surface area contributed by atoms with Gasteiger partial charge < -0.3 is 15.1 Å². The average Bonchev–Trinajstić information content (AvgIpc) is 3.37. The third-order valence-corrected chi connectivity index (χ3v) is 11.7. The van der Waals surface area contributed by atoms with Crippen molar-refractivity contribution >= 4 is 44.3 Å². The molecule has 0 saturated carbocycles. The Morgan fingerprint density at radius 2 is 1.53 bits per heavy atom. The number of carbonyl (C=O) groups is 2. The number of amides is 1. The van der Waals surface area contributed by atoms with E-state index in [1.807, 2.05) is 22.6 Å². The van der Waals surface area contributed by atoms with Crippen LogP contribution in [0.15, 0.2) is 65.6 Å². The number of likely N-dealkylation sites (tertiary alicyclic amines) is 1. The van der Waals surface area contributed by atoms with E-state index in [-0.39, 0.29) is 53.5 Å². The summed E-state index contributed by atoms with van der Waals surface area (Å²) in [7, 11) is -4.54. The quantitative estimate of drug-likeness (QED) is 0.226. The maximum absolute atomic E-state index is 15.0. The van der Waals surface area contributed by atoms with E-state index in [9.17, 15) is 54.6 Å². The van der Waals surface area contributed by atoms with Crippen molar-refractivity contribution in [1.29, 1.82) is 0 Å². The van der Waals surface area contributed by atoms with E-state index in [0.717, 1.165) is 24.3 Å². The molecule has 0 radical (unpaired) electrons. The number of aromatic hydroxyl groups is 1. The summed E-state index contributed by atoms with van der Waals surface area (Å²) in [5.41, 5.74) is -8.69. The first kappa shape index (κ1) is 33.0. The lowest BCUT2D eigenvalue weighted by Gasteiger charge is -2.43. The van der Waals surface area contributed by atoms with Gasteiger partial charge in [-0.3, -0.25) is 4.79 Å². The smallest absolute Gasteiger partial charge is 0.435 e. The Hall–Kier alpha value is -3.41. The van der Waals surface area contributed by atoms with Crippen molar-refractivity contribution in [2.75, 3.05) is 6.54 Å². The van der Waals surface area contributed by atoms with Gasteiger partial charge in [0, 0.05) is 21.2 Å². The van der Waals surface area contributed by atoms with E-state index in [4.69, 9.17) is 0 Å². The average molecular weight is 771 g/mol. The molecule has 2 aliphatic rings. The Morgan fingerprint density at radius 3 is 2.11 bits per heavy atom. The van der Waals surface area contributed by atoms with Crippen LogP contribution in [-0.4, -0.2) is 60.3 Å². The Morgan fingerprint density at radius 1 is 0.911 bits per heavy atom. The molecule has 45 heavy (non-hydrogen) atoms. The van der Waals surface area contributed by atoms with Crippen LogP contribution in [0.2, 0.25) is 0 Å². The zero-order chi connectivity index (χ0) is 33.3. The Kier molecular flexibility index (Phi) is 7.95. The van der Waals surface area contributed by atoms with Crippen LogP contribution in [0.25, 0.3) is 0 Å². The molecular formula is C29H21F7INO6S. The van der Waals surface area contributed by atoms with Crippen molar-refractivity contribution in [2.45, 2.75) is 53.0 Å². The minimum Gasteiger partial charge on any atom is -0.507 e. The van der Waals surface area contributed by atoms with Crippen LogP contribution in [0, 0.1) is 3.57 Å². The molecule has 1 amide bonds. The second-order valence-electron chi connectivity index (χ2n) is 10.7. The summed E-state index contributed by atoms with van der Waals surface area (Å²) in [5.74, 6) is -2.97. The molecule has 0 unspecified atom stereocenters. The minimum atomic E-state index is -6.38. The molecule has 3 aromatic rings. The van der Waals surface area contributed by atoms with Crippen LogP contribution < -0.4 is 0 Å². The normalized spacial score (nSPS) is 20.4. The maximum Gasteiger partial charge on any atom is 0.435 e. The number of halogens is 8. The molecular weight excluding hydrogens is 750 g/mol. The highest BCUT2D eigenvalue weighted by molar-refractivity contribution is 14.1. The molecule has 240 valence electrons. The van der Waals surface area contributed by atoms with Gasteiger partial charge in [0.25, 0.3) is 5.91 Å². The SMILES string of the molecule is O=C(O)c1cc(C(=O)N2CC[C@@]3(S(=O)(=O)c4ccc(I)cc4)c4ccc(C(F)(C(F)(F)F)C(F)(F)F)cc4CC[C@@H]23)ccc1O. The Balaban J connectivity index is 1.70. The van der Waals surface area contributed by atoms with Crippen molar-refractivity contribution in [3.63, 3.8) is 0 Å². The number of hydrogen-bond acceptors (Lipinski definition) is 5. The molecule has 2 atom stereocenters. The zero-order valence-electron chi connectivity index (χ0n) is 22.6. The number of aryl methyl sites for hydroxylation is 1. The molecule has 1 aliphatic heterocycles. The zero-order valence-corrected chi connectivity index (χ0v) is 25.6. The molecule has 5 rings (SSSR count). The Labute approximate surface area is 264 Å². The molecule has 1 aliphatic carbocycles. The summed E-state index contributed by atoms with van der Waals surface area (Å²) < 4.78 is 124. The number of rotatable bonds is 5. The van der Waals surface area contributed by atoms with Gasteiger partial charge in [0.2, 0.25) is 0 Å². The highest BCUT2D eigenvalue weighted by Gasteiger charge is 2.73. The lowest BCUT2D eigenvalue weighted by Crippen LogP contribution is -2.53. The molecule has 7 nitrogen and oxygen atoms in total. The van der Waals surface area contributed by atoms with Gasteiger partial charge in [-0.15, -0.1) is 0 Å². The van der Waals surface area contributed by atoms with E-state index in [1.165, 1.54) is 29.2 Å². The van der Waals surface area contributed by atoms with E-state index in [2.05, 4.69) is 0 Å². The summed E-state index contributed by atoms with van der Waals surface area (Å²) in [5, 5.41) is 19.2. The third-order valence-electron chi connectivity index (χ3n) is 8.40. The van der Waals surface area contributed by atoms with Crippen molar-refractivity contribution in [3.8, 4) is 5.75 Å². The summed E-state index contributed by atoms with van der Waals surface area (Å²) in [6, 6.07) is 8.78. The number of carboxylic acid groups (broad SMARTS) is 1. The number of aromatic carboxylic acids is 1. The Bertz CT molecular complexity index is 1800. The fourth-order valence-electron chi connectivity index (χ4n) is 6.30. The van der Waals surface area contributed by atoms with Crippen LogP contribution in [0.1, 0.15) is 50.2 Å². The first-order chi connectivity index (χ1) is 20.8. The number of nitrogens with zero attached hydrogens (tertiary/aromatic N) is 1. The lowest BCUT2D eigenvalue weighted by atomic mass is 9.76. The first-order valence-corrected chi connectivity index (χ1v) is 15.7. The molecule has 16 heteroatoms. The number of carbonyl (C=O) groups excluding carboxylic acids is 1. The summed E-state index contributed by atoms with van der Waals surface area (Å²) in [6.07, 6.45) is -13.6. The number of benzene rings is 3. The molecule has 2 N–H and O–H groups in total. The minimum absolute atomic E-state index is 0.167. The van der Waals surface area contributed by atoms with Crippen molar-refractivity contribution < 1.29 is 59.0 Å². The van der Waals surface area contributed by atoms with Crippen LogP contribution in [-0.2, 0) is 26.7 Å². The van der Waals surface area contributed by atoms with E-state index >= 15 is 4.39 Å². The molecule has 1 fully saturated rings. The van der Waals surface area contributed by atoms with Gasteiger partial charge in [-0.05, 0) is 95.4 Å². The predicted octanol–water partition coefficient (Wildman–Crippen LogP) is 6.51. The third kappa shape index (κ3) is 4.94. The summed E-state index contributed by atoms with van der Waals surface area (Å²) in [6.45, 7) is -0.240. The van der Waals surface area contributed by atoms with Gasteiger partial charge in [-0.2, -0.15) is 26.3 Å². The monoisotopic (exact) mass is 771 g/mol. The number of fused-ring (bicyclic) bond motifs is 3. The van der Waals surface area contributed by atoms with E-state index < -0.39 is 67.4 Å². The number of phenols is 1. The molecule has 0 bridgehead atoms. The van der Waals surface area contributed by atoms with Crippen LogP contribution >= 0.6 is 22.6 Å². The number of carboxylic acids is 1. The molecule has 3 aromatic carbocycles. The van der Waals surface area contributed by atoms with E-state index in [1.54, 1.807) is 0 Å². The first-order valence-electron chi connectivity index (χ1n) is 13.1. The standard InChI is InChI=1S/C29H21F7INO6S/c30-27(28(31,32)33,29(34,35)36)17-3-8-21-15(13-17)2-10-23-26(21,45(43,44)19-6-4-18(37)5-7-19)11-12-38(23)24(40)16-1-9-22(39)20(14-16)25(41)42/h1,3-9,13-14,23,39H,2,10-12H2,(H,41,42)/t23-,26-/m1/s1. The highest BCUT2D eigenvalue weighted by Crippen LogP contribution is 2.56. The predicted molar refractivity (Wildman–Crippen MR) is 152 cm³/mol. The van der Waals surface area contributed by atoms with Crippen molar-refractivity contribution in [3.05, 3.63) is 92.1 Å². The maximum atomic E-state index is 15.0. The highest BCUT2D eigenvalue weighted by atomic mass is 127.